The van der Waals surface area contributed by atoms with E-state index in [9.17, 15) is 0 Å². The van der Waals surface area contributed by atoms with Gasteiger partial charge in [0.25, 0.3) is 0 Å². The summed E-state index contributed by atoms with van der Waals surface area (Å²) in [4.78, 5) is 0. The third kappa shape index (κ3) is 2.78. The lowest BCUT2D eigenvalue weighted by atomic mass is 9.97. The molecule has 0 saturated carbocycles. The smallest absolute Gasteiger partial charge is 0.0494 e. The van der Waals surface area contributed by atoms with E-state index >= 15 is 0 Å². The Morgan fingerprint density at radius 2 is 1.21 bits per heavy atom. The van der Waals surface area contributed by atoms with Gasteiger partial charge in [-0.1, -0.05) is 84.9 Å². The molecule has 0 amide bonds. The van der Waals surface area contributed by atoms with Crippen LogP contribution in [0.3, 0.4) is 0 Å². The van der Waals surface area contributed by atoms with Gasteiger partial charge in [-0.25, -0.2) is 0 Å². The first-order chi connectivity index (χ1) is 16.3. The normalized spacial score (nSPS) is 11.8. The van der Waals surface area contributed by atoms with Crippen LogP contribution in [0.5, 0.6) is 0 Å². The average Bonchev–Trinajstić information content (AvgIpc) is 3.40. The number of rotatable bonds is 2. The Bertz CT molecular complexity index is 1830. The van der Waals surface area contributed by atoms with Crippen LogP contribution < -0.4 is 0 Å². The van der Waals surface area contributed by atoms with Gasteiger partial charge in [0.05, 0.1) is 0 Å². The molecule has 7 aromatic rings. The van der Waals surface area contributed by atoms with Crippen LogP contribution >= 0.6 is 11.3 Å². The lowest BCUT2D eigenvalue weighted by molar-refractivity contribution is 1.01. The highest BCUT2D eigenvalue weighted by Gasteiger charge is 2.12. The van der Waals surface area contributed by atoms with E-state index in [-0.39, 0.29) is 0 Å². The summed E-state index contributed by atoms with van der Waals surface area (Å²) < 4.78 is 5.01. The van der Waals surface area contributed by atoms with Crippen LogP contribution in [-0.4, -0.2) is 4.57 Å². The molecule has 33 heavy (non-hydrogen) atoms. The van der Waals surface area contributed by atoms with Crippen molar-refractivity contribution < 1.29 is 0 Å². The zero-order valence-electron chi connectivity index (χ0n) is 18.2. The van der Waals surface area contributed by atoms with Crippen LogP contribution in [0, 0.1) is 0 Å². The fourth-order valence-electron chi connectivity index (χ4n) is 5.18. The van der Waals surface area contributed by atoms with Gasteiger partial charge >= 0.3 is 0 Å². The summed E-state index contributed by atoms with van der Waals surface area (Å²) in [5.41, 5.74) is 7.61. The number of thiophene rings is 1. The zero-order chi connectivity index (χ0) is 21.9. The summed E-state index contributed by atoms with van der Waals surface area (Å²) in [5.74, 6) is 0. The molecule has 1 nitrogen and oxygen atoms in total. The van der Waals surface area contributed by atoms with Gasteiger partial charge in [-0.2, -0.15) is 0 Å². The second-order valence-electron chi connectivity index (χ2n) is 8.67. The number of benzene rings is 5. The van der Waals surface area contributed by atoms with Crippen molar-refractivity contribution in [3.8, 4) is 22.3 Å². The fraction of sp³-hybridized carbons (Fsp3) is 0.0323. The quantitative estimate of drug-likeness (QED) is 0.253. The monoisotopic (exact) mass is 439 g/mol. The molecule has 0 aliphatic carbocycles. The van der Waals surface area contributed by atoms with E-state index < -0.39 is 0 Å². The Morgan fingerprint density at radius 1 is 0.515 bits per heavy atom. The maximum Gasteiger partial charge on any atom is 0.0494 e. The molecule has 0 aliphatic heterocycles. The summed E-state index contributed by atoms with van der Waals surface area (Å²) >= 11 is 1.89. The molecule has 5 aromatic carbocycles. The van der Waals surface area contributed by atoms with E-state index in [1.807, 2.05) is 11.3 Å². The number of hydrogen-bond donors (Lipinski definition) is 0. The maximum absolute atomic E-state index is 2.34. The second-order valence-corrected chi connectivity index (χ2v) is 9.72. The molecule has 7 rings (SSSR count). The molecule has 0 radical (unpaired) electrons. The number of fused-ring (bicyclic) bond motifs is 6. The first-order valence-electron chi connectivity index (χ1n) is 11.3. The predicted octanol–water partition coefficient (Wildman–Crippen LogP) is 9.03. The molecule has 0 saturated heterocycles. The van der Waals surface area contributed by atoms with E-state index in [0.717, 1.165) is 0 Å². The number of nitrogens with zero attached hydrogens (tertiary/aromatic N) is 1. The summed E-state index contributed by atoms with van der Waals surface area (Å²) in [5, 5.41) is 5.31. The van der Waals surface area contributed by atoms with Gasteiger partial charge in [-0.05, 0) is 46.5 Å². The molecule has 0 bridgehead atoms. The lowest BCUT2D eigenvalue weighted by Gasteiger charge is -2.08. The fourth-order valence-corrected chi connectivity index (χ4v) is 6.42. The highest BCUT2D eigenvalue weighted by Crippen LogP contribution is 2.40. The van der Waals surface area contributed by atoms with Crippen molar-refractivity contribution in [2.24, 2.45) is 7.05 Å². The van der Waals surface area contributed by atoms with Crippen molar-refractivity contribution in [2.75, 3.05) is 0 Å². The molecule has 0 unspecified atom stereocenters. The van der Waals surface area contributed by atoms with Crippen LogP contribution in [-0.2, 0) is 7.05 Å². The minimum Gasteiger partial charge on any atom is -0.344 e. The predicted molar refractivity (Wildman–Crippen MR) is 144 cm³/mol. The van der Waals surface area contributed by atoms with E-state index in [1.54, 1.807) is 0 Å². The van der Waals surface area contributed by atoms with Crippen LogP contribution in [0.15, 0.2) is 109 Å². The Balaban J connectivity index is 1.41. The van der Waals surface area contributed by atoms with E-state index in [0.29, 0.717) is 0 Å². The molecule has 2 aromatic heterocycles. The molecule has 2 heteroatoms. The van der Waals surface area contributed by atoms with Crippen LogP contribution in [0.4, 0.5) is 0 Å². The Morgan fingerprint density at radius 3 is 2.15 bits per heavy atom. The van der Waals surface area contributed by atoms with Crippen molar-refractivity contribution in [3.63, 3.8) is 0 Å². The number of para-hydroxylation sites is 1. The van der Waals surface area contributed by atoms with Crippen molar-refractivity contribution in [1.82, 2.24) is 4.57 Å². The van der Waals surface area contributed by atoms with Gasteiger partial charge in [-0.15, -0.1) is 11.3 Å². The van der Waals surface area contributed by atoms with Crippen LogP contribution in [0.1, 0.15) is 0 Å². The number of hydrogen-bond acceptors (Lipinski definition) is 1. The molecule has 2 heterocycles. The summed E-state index contributed by atoms with van der Waals surface area (Å²) in [7, 11) is 2.16. The first-order valence-corrected chi connectivity index (χ1v) is 12.1. The van der Waals surface area contributed by atoms with Gasteiger partial charge in [0, 0.05) is 49.0 Å². The largest absolute Gasteiger partial charge is 0.344 e. The van der Waals surface area contributed by atoms with Gasteiger partial charge in [0.2, 0.25) is 0 Å². The van der Waals surface area contributed by atoms with Gasteiger partial charge in [0.1, 0.15) is 0 Å². The Hall–Kier alpha value is -3.88. The summed E-state index contributed by atoms with van der Waals surface area (Å²) in [6.07, 6.45) is 0. The third-order valence-electron chi connectivity index (χ3n) is 6.83. The Kier molecular flexibility index (Phi) is 3.99. The molecule has 0 spiro atoms. The summed E-state index contributed by atoms with van der Waals surface area (Å²) in [6.45, 7) is 0. The van der Waals surface area contributed by atoms with Crippen molar-refractivity contribution in [2.45, 2.75) is 0 Å². The SMILES string of the molecule is Cn1c2ccccc2c2ccc(-c3cccc(-c4cccc5c4sc4ccccc45)c3)cc21. The van der Waals surface area contributed by atoms with Gasteiger partial charge in [-0.3, -0.25) is 0 Å². The first kappa shape index (κ1) is 18.7. The lowest BCUT2D eigenvalue weighted by Crippen LogP contribution is -1.87. The van der Waals surface area contributed by atoms with Crippen LogP contribution in [0.25, 0.3) is 64.2 Å². The van der Waals surface area contributed by atoms with Gasteiger partial charge in [0.15, 0.2) is 0 Å². The highest BCUT2D eigenvalue weighted by molar-refractivity contribution is 7.26. The number of aryl methyl sites for hydroxylation is 1. The zero-order valence-corrected chi connectivity index (χ0v) is 19.1. The van der Waals surface area contributed by atoms with Crippen molar-refractivity contribution in [1.29, 1.82) is 0 Å². The molecule has 156 valence electrons. The molecular weight excluding hydrogens is 418 g/mol. The molecule has 0 atom stereocenters. The third-order valence-corrected chi connectivity index (χ3v) is 8.05. The molecule has 0 fully saturated rings. The Labute approximate surface area is 196 Å². The van der Waals surface area contributed by atoms with E-state index in [2.05, 4.69) is 121 Å². The number of aromatic nitrogens is 1. The average molecular weight is 440 g/mol. The minimum atomic E-state index is 1.25. The van der Waals surface area contributed by atoms with Crippen molar-refractivity contribution in [3.05, 3.63) is 109 Å². The van der Waals surface area contributed by atoms with Gasteiger partial charge < -0.3 is 4.57 Å². The van der Waals surface area contributed by atoms with Crippen LogP contribution in [0.2, 0.25) is 0 Å². The minimum absolute atomic E-state index is 1.25. The van der Waals surface area contributed by atoms with E-state index in [1.165, 1.54) is 64.2 Å². The van der Waals surface area contributed by atoms with Crippen molar-refractivity contribution >= 4 is 53.3 Å². The molecule has 0 N–H and O–H groups in total. The molecular formula is C31H21NS. The maximum atomic E-state index is 2.34. The van der Waals surface area contributed by atoms with E-state index in [4.69, 9.17) is 0 Å². The summed E-state index contributed by atoms with van der Waals surface area (Å²) in [6, 6.07) is 39.9. The standard InChI is InChI=1S/C31H21NS/c1-32-28-14-4-2-10-24(28)25-17-16-21(19-29(25)32)20-8-6-9-22(18-20)23-12-7-13-27-26-11-3-5-15-30(26)33-31(23)27/h2-19H,1H3. The topological polar surface area (TPSA) is 4.93 Å². The highest BCUT2D eigenvalue weighted by atomic mass is 32.1. The second kappa shape index (κ2) is 7.06. The molecule has 0 aliphatic rings.